The van der Waals surface area contributed by atoms with Crippen LogP contribution in [0, 0.1) is 11.3 Å². The predicted molar refractivity (Wildman–Crippen MR) is 35.2 cm³/mol. The van der Waals surface area contributed by atoms with Gasteiger partial charge in [0, 0.05) is 6.92 Å². The van der Waals surface area contributed by atoms with Gasteiger partial charge in [0.1, 0.15) is 0 Å². The molecule has 0 aromatic rings. The van der Waals surface area contributed by atoms with Crippen molar-refractivity contribution in [2.45, 2.75) is 26.7 Å². The van der Waals surface area contributed by atoms with Gasteiger partial charge in [-0.2, -0.15) is 5.26 Å². The molecule has 0 amide bonds. The Morgan fingerprint density at radius 1 is 1.62 bits per heavy atom. The second-order valence-electron chi connectivity index (χ2n) is 1.37. The van der Waals surface area contributed by atoms with Crippen molar-refractivity contribution < 1.29 is 0 Å². The highest BCUT2D eigenvalue weighted by atomic mass is 14.5. The third kappa shape index (κ3) is 51.3. The Bertz CT molecular complexity index is 52.0. The van der Waals surface area contributed by atoms with Gasteiger partial charge in [0.2, 0.25) is 0 Å². The predicted octanol–water partition coefficient (Wildman–Crippen LogP) is 1.28. The summed E-state index contributed by atoms with van der Waals surface area (Å²) in [7, 11) is 0. The lowest BCUT2D eigenvalue weighted by molar-refractivity contribution is 0.807. The zero-order valence-electron chi connectivity index (χ0n) is 5.65. The maximum atomic E-state index is 7.32. The molecule has 0 saturated carbocycles. The fraction of sp³-hybridized carbons (Fsp3) is 0.833. The Hall–Kier alpha value is -0.550. The summed E-state index contributed by atoms with van der Waals surface area (Å²) in [5, 5.41) is 7.32. The van der Waals surface area contributed by atoms with E-state index in [-0.39, 0.29) is 0 Å². The Morgan fingerprint density at radius 2 is 2.00 bits per heavy atom. The molecule has 2 heteroatoms. The van der Waals surface area contributed by atoms with E-state index in [4.69, 9.17) is 11.0 Å². The molecule has 8 heavy (non-hydrogen) atoms. The van der Waals surface area contributed by atoms with Crippen LogP contribution in [0.15, 0.2) is 0 Å². The maximum absolute atomic E-state index is 7.32. The molecule has 0 fully saturated rings. The lowest BCUT2D eigenvalue weighted by Crippen LogP contribution is -1.95. The van der Waals surface area contributed by atoms with Gasteiger partial charge in [-0.15, -0.1) is 0 Å². The maximum Gasteiger partial charge on any atom is 0.0587 e. The molecule has 0 rings (SSSR count). The van der Waals surface area contributed by atoms with Gasteiger partial charge < -0.3 is 5.73 Å². The number of unbranched alkanes of at least 4 members (excludes halogenated alkanes) is 1. The number of hydrogen-bond donors (Lipinski definition) is 1. The van der Waals surface area contributed by atoms with E-state index in [0.717, 1.165) is 6.54 Å². The van der Waals surface area contributed by atoms with E-state index in [2.05, 4.69) is 6.92 Å². The van der Waals surface area contributed by atoms with Gasteiger partial charge in [0.15, 0.2) is 0 Å². The molecule has 48 valence electrons. The van der Waals surface area contributed by atoms with Gasteiger partial charge in [-0.25, -0.2) is 0 Å². The third-order valence-corrected chi connectivity index (χ3v) is 0.558. The quantitative estimate of drug-likeness (QED) is 0.587. The van der Waals surface area contributed by atoms with Crippen LogP contribution < -0.4 is 5.73 Å². The second kappa shape index (κ2) is 16.1. The van der Waals surface area contributed by atoms with Crippen molar-refractivity contribution in [1.29, 1.82) is 5.26 Å². The monoisotopic (exact) mass is 114 g/mol. The third-order valence-electron chi connectivity index (χ3n) is 0.558. The number of nitrogens with zero attached hydrogens (tertiary/aromatic N) is 1. The molecule has 0 aromatic carbocycles. The summed E-state index contributed by atoms with van der Waals surface area (Å²) in [6.45, 7) is 4.41. The number of nitrogens with two attached hydrogens (primary N) is 1. The highest BCUT2D eigenvalue weighted by molar-refractivity contribution is 4.51. The first-order chi connectivity index (χ1) is 3.83. The van der Waals surface area contributed by atoms with Crippen molar-refractivity contribution >= 4 is 0 Å². The Morgan fingerprint density at radius 3 is 2.00 bits per heavy atom. The summed E-state index contributed by atoms with van der Waals surface area (Å²) in [5.74, 6) is 0. The van der Waals surface area contributed by atoms with E-state index in [0.29, 0.717) is 0 Å². The molecule has 0 saturated heterocycles. The van der Waals surface area contributed by atoms with Crippen LogP contribution >= 0.6 is 0 Å². The highest BCUT2D eigenvalue weighted by Gasteiger charge is 1.67. The molecule has 0 radical (unpaired) electrons. The molecule has 2 N–H and O–H groups in total. The first-order valence-electron chi connectivity index (χ1n) is 2.84. The largest absolute Gasteiger partial charge is 0.330 e. The number of hydrogen-bond acceptors (Lipinski definition) is 2. The summed E-state index contributed by atoms with van der Waals surface area (Å²) in [5.41, 5.74) is 5.14. The lowest BCUT2D eigenvalue weighted by Gasteiger charge is -1.80. The van der Waals surface area contributed by atoms with Gasteiger partial charge in [-0.3, -0.25) is 0 Å². The molecule has 0 unspecified atom stereocenters. The van der Waals surface area contributed by atoms with E-state index < -0.39 is 0 Å². The minimum Gasteiger partial charge on any atom is -0.330 e. The van der Waals surface area contributed by atoms with Crippen LogP contribution in [-0.2, 0) is 0 Å². The van der Waals surface area contributed by atoms with E-state index in [1.807, 2.05) is 0 Å². The normalized spacial score (nSPS) is 6.25. The zero-order chi connectivity index (χ0) is 6.83. The van der Waals surface area contributed by atoms with E-state index >= 15 is 0 Å². The van der Waals surface area contributed by atoms with Crippen LogP contribution in [0.2, 0.25) is 0 Å². The van der Waals surface area contributed by atoms with Crippen molar-refractivity contribution in [2.24, 2.45) is 5.73 Å². The molecule has 0 heterocycles. The van der Waals surface area contributed by atoms with Crippen molar-refractivity contribution in [3.05, 3.63) is 0 Å². The van der Waals surface area contributed by atoms with E-state index in [1.54, 1.807) is 6.07 Å². The molecule has 0 aliphatic carbocycles. The van der Waals surface area contributed by atoms with E-state index in [1.165, 1.54) is 19.8 Å². The summed E-state index contributed by atoms with van der Waals surface area (Å²) < 4.78 is 0. The molecule has 0 bridgehead atoms. The van der Waals surface area contributed by atoms with Crippen molar-refractivity contribution in [3.63, 3.8) is 0 Å². The summed E-state index contributed by atoms with van der Waals surface area (Å²) >= 11 is 0. The fourth-order valence-electron chi connectivity index (χ4n) is 0.204. The van der Waals surface area contributed by atoms with Crippen molar-refractivity contribution in [2.75, 3.05) is 6.54 Å². The molecular weight excluding hydrogens is 100 g/mol. The van der Waals surface area contributed by atoms with Gasteiger partial charge in [0.25, 0.3) is 0 Å². The first-order valence-corrected chi connectivity index (χ1v) is 2.84. The molecule has 0 aliphatic heterocycles. The van der Waals surface area contributed by atoms with Gasteiger partial charge in [-0.1, -0.05) is 13.3 Å². The Balaban J connectivity index is 0. The molecular formula is C6H14N2. The zero-order valence-corrected chi connectivity index (χ0v) is 5.65. The van der Waals surface area contributed by atoms with Gasteiger partial charge in [0.05, 0.1) is 6.07 Å². The fourth-order valence-corrected chi connectivity index (χ4v) is 0.204. The Kier molecular flexibility index (Phi) is 21.0. The van der Waals surface area contributed by atoms with Crippen LogP contribution in [0.25, 0.3) is 0 Å². The SMILES string of the molecule is CC#N.CCCCN. The molecule has 0 spiro atoms. The van der Waals surface area contributed by atoms with Crippen molar-refractivity contribution in [1.82, 2.24) is 0 Å². The van der Waals surface area contributed by atoms with Crippen LogP contribution in [0.4, 0.5) is 0 Å². The molecule has 2 nitrogen and oxygen atoms in total. The van der Waals surface area contributed by atoms with Crippen molar-refractivity contribution in [3.8, 4) is 6.07 Å². The summed E-state index contributed by atoms with van der Waals surface area (Å²) in [6.07, 6.45) is 2.39. The lowest BCUT2D eigenvalue weighted by atomic mass is 10.3. The molecule has 0 aromatic heterocycles. The minimum atomic E-state index is 0.844. The van der Waals surface area contributed by atoms with Crippen LogP contribution in [-0.4, -0.2) is 6.54 Å². The highest BCUT2D eigenvalue weighted by Crippen LogP contribution is 1.77. The average Bonchev–Trinajstić information content (AvgIpc) is 1.71. The Labute approximate surface area is 51.3 Å². The van der Waals surface area contributed by atoms with Crippen LogP contribution in [0.1, 0.15) is 26.7 Å². The topological polar surface area (TPSA) is 49.8 Å². The summed E-state index contributed by atoms with van der Waals surface area (Å²) in [6, 6.07) is 1.75. The number of nitriles is 1. The van der Waals surface area contributed by atoms with Gasteiger partial charge >= 0.3 is 0 Å². The average molecular weight is 114 g/mol. The van der Waals surface area contributed by atoms with E-state index in [9.17, 15) is 0 Å². The number of rotatable bonds is 2. The van der Waals surface area contributed by atoms with Crippen LogP contribution in [0.5, 0.6) is 0 Å². The first kappa shape index (κ1) is 10.4. The molecule has 0 atom stereocenters. The minimum absolute atomic E-state index is 0.844. The summed E-state index contributed by atoms with van der Waals surface area (Å²) in [4.78, 5) is 0. The molecule has 0 aliphatic rings. The smallest absolute Gasteiger partial charge is 0.0587 e. The second-order valence-corrected chi connectivity index (χ2v) is 1.37. The standard InChI is InChI=1S/C4H11N.C2H3N/c1-2-3-4-5;1-2-3/h2-5H2,1H3;1H3. The van der Waals surface area contributed by atoms with Gasteiger partial charge in [-0.05, 0) is 13.0 Å². The van der Waals surface area contributed by atoms with Crippen LogP contribution in [0.3, 0.4) is 0 Å².